The molecular formula is C21H25ClN4O2. The number of aromatic nitrogens is 2. The van der Waals surface area contributed by atoms with E-state index in [2.05, 4.69) is 17.4 Å². The number of methoxy groups -OCH3 is 2. The summed E-state index contributed by atoms with van der Waals surface area (Å²) in [5, 5.41) is 4.14. The van der Waals surface area contributed by atoms with E-state index < -0.39 is 0 Å². The highest BCUT2D eigenvalue weighted by molar-refractivity contribution is 6.32. The molecule has 6 nitrogen and oxygen atoms in total. The van der Waals surface area contributed by atoms with Crippen molar-refractivity contribution in [2.75, 3.05) is 19.5 Å². The molecule has 1 aliphatic carbocycles. The normalized spacial score (nSPS) is 19.6. The molecule has 0 atom stereocenters. The highest BCUT2D eigenvalue weighted by Gasteiger charge is 2.19. The summed E-state index contributed by atoms with van der Waals surface area (Å²) < 4.78 is 12.8. The van der Waals surface area contributed by atoms with Crippen LogP contribution in [0.25, 0.3) is 16.9 Å². The Labute approximate surface area is 169 Å². The van der Waals surface area contributed by atoms with E-state index in [9.17, 15) is 0 Å². The van der Waals surface area contributed by atoms with Crippen molar-refractivity contribution in [3.8, 4) is 22.8 Å². The minimum atomic E-state index is 0.349. The van der Waals surface area contributed by atoms with E-state index in [4.69, 9.17) is 31.8 Å². The number of nitrogens with one attached hydrogen (secondary N) is 1. The van der Waals surface area contributed by atoms with E-state index >= 15 is 0 Å². The second kappa shape index (κ2) is 7.89. The van der Waals surface area contributed by atoms with E-state index in [1.807, 2.05) is 22.9 Å². The Morgan fingerprint density at radius 1 is 1.11 bits per heavy atom. The van der Waals surface area contributed by atoms with E-state index in [1.165, 1.54) is 0 Å². The fraction of sp³-hybridized carbons (Fsp3) is 0.381. The van der Waals surface area contributed by atoms with Gasteiger partial charge in [0.1, 0.15) is 17.1 Å². The molecule has 1 fully saturated rings. The molecule has 1 aliphatic rings. The molecule has 28 heavy (non-hydrogen) atoms. The lowest BCUT2D eigenvalue weighted by atomic mass is 9.92. The van der Waals surface area contributed by atoms with Crippen molar-refractivity contribution in [1.82, 2.24) is 9.38 Å². The minimum Gasteiger partial charge on any atom is -0.496 e. The Balaban J connectivity index is 1.62. The number of benzene rings is 1. The lowest BCUT2D eigenvalue weighted by Crippen LogP contribution is -2.32. The number of halogens is 1. The summed E-state index contributed by atoms with van der Waals surface area (Å²) in [6.45, 7) is 0. The number of hydrogen-bond donors (Lipinski definition) is 2. The maximum absolute atomic E-state index is 6.32. The number of hydrogen-bond acceptors (Lipinski definition) is 5. The summed E-state index contributed by atoms with van der Waals surface area (Å²) in [5.74, 6) is 1.24. The molecule has 0 aliphatic heterocycles. The highest BCUT2D eigenvalue weighted by atomic mass is 35.5. The first-order chi connectivity index (χ1) is 13.6. The van der Waals surface area contributed by atoms with Crippen molar-refractivity contribution in [1.29, 1.82) is 0 Å². The molecule has 3 N–H and O–H groups in total. The molecule has 0 radical (unpaired) electrons. The van der Waals surface area contributed by atoms with Gasteiger partial charge in [0.25, 0.3) is 0 Å². The summed E-state index contributed by atoms with van der Waals surface area (Å²) >= 11 is 6.32. The van der Waals surface area contributed by atoms with Gasteiger partial charge < -0.3 is 24.9 Å². The molecule has 0 spiro atoms. The van der Waals surface area contributed by atoms with Crippen LogP contribution in [0.3, 0.4) is 0 Å². The predicted octanol–water partition coefficient (Wildman–Crippen LogP) is 4.35. The maximum Gasteiger partial charge on any atom is 0.141 e. The van der Waals surface area contributed by atoms with Crippen LogP contribution in [0, 0.1) is 0 Å². The fourth-order valence-electron chi connectivity index (χ4n) is 3.76. The molecule has 4 rings (SSSR count). The van der Waals surface area contributed by atoms with Gasteiger partial charge in [-0.3, -0.25) is 0 Å². The van der Waals surface area contributed by atoms with Crippen molar-refractivity contribution < 1.29 is 9.47 Å². The summed E-state index contributed by atoms with van der Waals surface area (Å²) in [4.78, 5) is 4.78. The van der Waals surface area contributed by atoms with Crippen LogP contribution in [0.4, 0.5) is 5.69 Å². The number of nitrogens with zero attached hydrogens (tertiary/aromatic N) is 2. The maximum atomic E-state index is 6.32. The van der Waals surface area contributed by atoms with E-state index in [0.717, 1.165) is 48.3 Å². The monoisotopic (exact) mass is 400 g/mol. The summed E-state index contributed by atoms with van der Waals surface area (Å²) in [5.41, 5.74) is 9.56. The Morgan fingerprint density at radius 2 is 1.86 bits per heavy atom. The molecule has 0 bridgehead atoms. The Morgan fingerprint density at radius 3 is 2.57 bits per heavy atom. The van der Waals surface area contributed by atoms with Gasteiger partial charge in [-0.15, -0.1) is 0 Å². The van der Waals surface area contributed by atoms with Crippen LogP contribution < -0.4 is 20.5 Å². The van der Waals surface area contributed by atoms with Crippen molar-refractivity contribution in [3.63, 3.8) is 0 Å². The van der Waals surface area contributed by atoms with E-state index in [0.29, 0.717) is 28.6 Å². The van der Waals surface area contributed by atoms with Gasteiger partial charge in [-0.05, 0) is 37.8 Å². The van der Waals surface area contributed by atoms with Crippen molar-refractivity contribution >= 4 is 22.9 Å². The molecule has 0 amide bonds. The Bertz CT molecular complexity index is 980. The number of anilines is 1. The summed E-state index contributed by atoms with van der Waals surface area (Å²) in [6, 6.07) is 8.56. The largest absolute Gasteiger partial charge is 0.496 e. The topological polar surface area (TPSA) is 73.8 Å². The van der Waals surface area contributed by atoms with Crippen molar-refractivity contribution in [2.45, 2.75) is 37.8 Å². The van der Waals surface area contributed by atoms with Crippen LogP contribution in [-0.4, -0.2) is 35.7 Å². The van der Waals surface area contributed by atoms with Crippen molar-refractivity contribution in [2.24, 2.45) is 5.73 Å². The average molecular weight is 401 g/mol. The molecule has 3 aromatic rings. The van der Waals surface area contributed by atoms with Crippen LogP contribution in [0.15, 0.2) is 36.7 Å². The molecule has 2 heterocycles. The van der Waals surface area contributed by atoms with Crippen LogP contribution in [0.5, 0.6) is 11.5 Å². The number of imidazole rings is 1. The lowest BCUT2D eigenvalue weighted by Gasteiger charge is -2.27. The number of pyridine rings is 1. The smallest absolute Gasteiger partial charge is 0.141 e. The molecule has 148 valence electrons. The number of ether oxygens (including phenoxy) is 2. The Kier molecular flexibility index (Phi) is 5.33. The zero-order chi connectivity index (χ0) is 19.7. The average Bonchev–Trinajstić information content (AvgIpc) is 3.12. The van der Waals surface area contributed by atoms with Gasteiger partial charge in [0.2, 0.25) is 0 Å². The second-order valence-electron chi connectivity index (χ2n) is 7.25. The molecule has 1 saturated carbocycles. The molecule has 0 unspecified atom stereocenters. The number of rotatable bonds is 5. The fourth-order valence-corrected chi connectivity index (χ4v) is 4.00. The van der Waals surface area contributed by atoms with Gasteiger partial charge in [-0.1, -0.05) is 11.6 Å². The standard InChI is InChI=1S/C21H25ClN4O2/c1-27-19-11-20(28-2)17(22)10-16(19)18-12-26-8-7-15(9-21(26)25-18)24-14-5-3-13(23)4-6-14/h7-14,24H,3-6,23H2,1-2H3. The lowest BCUT2D eigenvalue weighted by molar-refractivity contribution is 0.395. The zero-order valence-electron chi connectivity index (χ0n) is 16.1. The SMILES string of the molecule is COc1cc(OC)c(-c2cn3ccc(NC4CCC(N)CC4)cc3n2)cc1Cl. The van der Waals surface area contributed by atoms with Gasteiger partial charge in [0.15, 0.2) is 0 Å². The van der Waals surface area contributed by atoms with Gasteiger partial charge in [-0.25, -0.2) is 4.98 Å². The molecule has 2 aromatic heterocycles. The quantitative estimate of drug-likeness (QED) is 0.665. The molecule has 0 saturated heterocycles. The van der Waals surface area contributed by atoms with E-state index in [1.54, 1.807) is 20.3 Å². The minimum absolute atomic E-state index is 0.349. The van der Waals surface area contributed by atoms with Crippen LogP contribution >= 0.6 is 11.6 Å². The van der Waals surface area contributed by atoms with Gasteiger partial charge >= 0.3 is 0 Å². The summed E-state index contributed by atoms with van der Waals surface area (Å²) in [6.07, 6.45) is 8.35. The first kappa shape index (κ1) is 18.9. The zero-order valence-corrected chi connectivity index (χ0v) is 16.9. The van der Waals surface area contributed by atoms with Gasteiger partial charge in [0.05, 0.1) is 24.9 Å². The third-order valence-electron chi connectivity index (χ3n) is 5.35. The first-order valence-corrected chi connectivity index (χ1v) is 9.88. The second-order valence-corrected chi connectivity index (χ2v) is 7.66. The van der Waals surface area contributed by atoms with Crippen LogP contribution in [0.1, 0.15) is 25.7 Å². The highest BCUT2D eigenvalue weighted by Crippen LogP contribution is 2.38. The third kappa shape index (κ3) is 3.75. The predicted molar refractivity (Wildman–Crippen MR) is 113 cm³/mol. The van der Waals surface area contributed by atoms with Gasteiger partial charge in [-0.2, -0.15) is 0 Å². The number of fused-ring (bicyclic) bond motifs is 1. The van der Waals surface area contributed by atoms with E-state index in [-0.39, 0.29) is 0 Å². The van der Waals surface area contributed by atoms with Crippen LogP contribution in [-0.2, 0) is 0 Å². The first-order valence-electron chi connectivity index (χ1n) is 9.50. The molecule has 7 heteroatoms. The number of nitrogens with two attached hydrogens (primary N) is 1. The van der Waals surface area contributed by atoms with Crippen LogP contribution in [0.2, 0.25) is 5.02 Å². The third-order valence-corrected chi connectivity index (χ3v) is 5.65. The molecule has 1 aromatic carbocycles. The molecular weight excluding hydrogens is 376 g/mol. The van der Waals surface area contributed by atoms with Gasteiger partial charge in [0, 0.05) is 47.9 Å². The summed E-state index contributed by atoms with van der Waals surface area (Å²) in [7, 11) is 3.21. The van der Waals surface area contributed by atoms with Crippen molar-refractivity contribution in [3.05, 3.63) is 41.7 Å². The Hall–Kier alpha value is -2.44.